The molecule has 0 spiro atoms. The lowest BCUT2D eigenvalue weighted by atomic mass is 10.3. The fourth-order valence-corrected chi connectivity index (χ4v) is 1.17. The fraction of sp³-hybridized carbons (Fsp3) is 0.462. The highest BCUT2D eigenvalue weighted by Gasteiger charge is 2.02. The number of ether oxygens (including phenoxy) is 2. The second-order valence-corrected chi connectivity index (χ2v) is 3.87. The van der Waals surface area contributed by atoms with Gasteiger partial charge in [-0.05, 0) is 26.0 Å². The molecule has 0 saturated carbocycles. The molecule has 4 heteroatoms. The van der Waals surface area contributed by atoms with Crippen molar-refractivity contribution in [2.75, 3.05) is 19.8 Å². The Bertz CT molecular complexity index is 325. The van der Waals surface area contributed by atoms with Crippen LogP contribution in [0.2, 0.25) is 0 Å². The van der Waals surface area contributed by atoms with Crippen molar-refractivity contribution in [2.24, 2.45) is 0 Å². The molecular weight excluding hydrogens is 218 g/mol. The summed E-state index contributed by atoms with van der Waals surface area (Å²) < 4.78 is 10.6. The van der Waals surface area contributed by atoms with Gasteiger partial charge in [-0.15, -0.1) is 0 Å². The van der Waals surface area contributed by atoms with Gasteiger partial charge in [0.15, 0.2) is 0 Å². The van der Waals surface area contributed by atoms with E-state index in [1.165, 1.54) is 0 Å². The van der Waals surface area contributed by atoms with E-state index >= 15 is 0 Å². The third-order valence-corrected chi connectivity index (χ3v) is 1.98. The molecule has 4 nitrogen and oxygen atoms in total. The molecule has 0 fully saturated rings. The molecule has 0 unspecified atom stereocenters. The van der Waals surface area contributed by atoms with Crippen molar-refractivity contribution >= 4 is 5.91 Å². The molecule has 0 aromatic heterocycles. The minimum absolute atomic E-state index is 0.0707. The van der Waals surface area contributed by atoms with Gasteiger partial charge in [-0.1, -0.05) is 18.2 Å². The van der Waals surface area contributed by atoms with Crippen LogP contribution in [-0.2, 0) is 9.53 Å². The zero-order valence-corrected chi connectivity index (χ0v) is 10.3. The lowest BCUT2D eigenvalue weighted by Crippen LogP contribution is -2.32. The van der Waals surface area contributed by atoms with E-state index in [4.69, 9.17) is 9.47 Å². The smallest absolute Gasteiger partial charge is 0.246 e. The number of benzene rings is 1. The summed E-state index contributed by atoms with van der Waals surface area (Å²) in [5.74, 6) is 0.690. The molecule has 17 heavy (non-hydrogen) atoms. The maximum atomic E-state index is 11.3. The van der Waals surface area contributed by atoms with Crippen molar-refractivity contribution in [3.05, 3.63) is 30.3 Å². The van der Waals surface area contributed by atoms with Crippen molar-refractivity contribution in [1.82, 2.24) is 5.32 Å². The number of amides is 1. The normalized spacial score (nSPS) is 10.3. The van der Waals surface area contributed by atoms with Gasteiger partial charge < -0.3 is 14.8 Å². The number of carbonyl (C=O) groups is 1. The largest absolute Gasteiger partial charge is 0.492 e. The van der Waals surface area contributed by atoms with E-state index < -0.39 is 0 Å². The number of hydrogen-bond acceptors (Lipinski definition) is 3. The van der Waals surface area contributed by atoms with Gasteiger partial charge in [0, 0.05) is 0 Å². The van der Waals surface area contributed by atoms with Gasteiger partial charge in [-0.25, -0.2) is 0 Å². The molecule has 0 heterocycles. The predicted octanol–water partition coefficient (Wildman–Crippen LogP) is 1.61. The average Bonchev–Trinajstić information content (AvgIpc) is 2.33. The topological polar surface area (TPSA) is 47.6 Å². The van der Waals surface area contributed by atoms with Gasteiger partial charge in [-0.2, -0.15) is 0 Å². The maximum Gasteiger partial charge on any atom is 0.246 e. The van der Waals surface area contributed by atoms with Crippen molar-refractivity contribution < 1.29 is 14.3 Å². The molecule has 1 N–H and O–H groups in total. The molecule has 94 valence electrons. The maximum absolute atomic E-state index is 11.3. The number of hydrogen-bond donors (Lipinski definition) is 1. The van der Waals surface area contributed by atoms with Crippen molar-refractivity contribution in [2.45, 2.75) is 20.0 Å². The van der Waals surface area contributed by atoms with Crippen LogP contribution in [0.25, 0.3) is 0 Å². The minimum Gasteiger partial charge on any atom is -0.492 e. The molecule has 0 bridgehead atoms. The highest BCUT2D eigenvalue weighted by Crippen LogP contribution is 2.07. The Morgan fingerprint density at radius 2 is 2.00 bits per heavy atom. The standard InChI is InChI=1S/C13H19NO3/c1-11(2)17-10-13(15)14-8-9-16-12-6-4-3-5-7-12/h3-7,11H,8-10H2,1-2H3,(H,14,15). The Morgan fingerprint density at radius 3 is 2.65 bits per heavy atom. The lowest BCUT2D eigenvalue weighted by molar-refractivity contribution is -0.127. The van der Waals surface area contributed by atoms with Crippen LogP contribution in [0.1, 0.15) is 13.8 Å². The summed E-state index contributed by atoms with van der Waals surface area (Å²) in [5, 5.41) is 2.72. The van der Waals surface area contributed by atoms with Gasteiger partial charge >= 0.3 is 0 Å². The van der Waals surface area contributed by atoms with E-state index in [-0.39, 0.29) is 18.6 Å². The van der Waals surface area contributed by atoms with E-state index in [9.17, 15) is 4.79 Å². The molecule has 0 aliphatic heterocycles. The lowest BCUT2D eigenvalue weighted by Gasteiger charge is -2.09. The Balaban J connectivity index is 2.06. The highest BCUT2D eigenvalue weighted by atomic mass is 16.5. The van der Waals surface area contributed by atoms with Crippen LogP contribution in [0.5, 0.6) is 5.75 Å². The summed E-state index contributed by atoms with van der Waals surface area (Å²) in [7, 11) is 0. The Kier molecular flexibility index (Phi) is 6.10. The number of para-hydroxylation sites is 1. The van der Waals surface area contributed by atoms with E-state index in [0.717, 1.165) is 5.75 Å². The molecular formula is C13H19NO3. The van der Waals surface area contributed by atoms with Gasteiger partial charge in [0.05, 0.1) is 12.6 Å². The first-order valence-electron chi connectivity index (χ1n) is 5.74. The van der Waals surface area contributed by atoms with E-state index in [0.29, 0.717) is 13.2 Å². The van der Waals surface area contributed by atoms with Crippen molar-refractivity contribution in [3.63, 3.8) is 0 Å². The Hall–Kier alpha value is -1.55. The molecule has 1 aromatic carbocycles. The van der Waals surface area contributed by atoms with E-state index in [2.05, 4.69) is 5.32 Å². The number of rotatable bonds is 7. The van der Waals surface area contributed by atoms with Crippen LogP contribution in [0.4, 0.5) is 0 Å². The fourth-order valence-electron chi connectivity index (χ4n) is 1.17. The molecule has 1 aromatic rings. The van der Waals surface area contributed by atoms with Crippen molar-refractivity contribution in [3.8, 4) is 5.75 Å². The first kappa shape index (κ1) is 13.5. The summed E-state index contributed by atoms with van der Waals surface area (Å²) in [6.45, 7) is 4.83. The van der Waals surface area contributed by atoms with E-state index in [1.807, 2.05) is 44.2 Å². The monoisotopic (exact) mass is 237 g/mol. The van der Waals surface area contributed by atoms with Gasteiger partial charge in [0.1, 0.15) is 19.0 Å². The minimum atomic E-state index is -0.115. The average molecular weight is 237 g/mol. The Labute approximate surface area is 102 Å². The molecule has 0 saturated heterocycles. The highest BCUT2D eigenvalue weighted by molar-refractivity contribution is 5.77. The third-order valence-electron chi connectivity index (χ3n) is 1.98. The number of carbonyl (C=O) groups excluding carboxylic acids is 1. The molecule has 0 atom stereocenters. The molecule has 1 rings (SSSR count). The zero-order valence-electron chi connectivity index (χ0n) is 10.3. The quantitative estimate of drug-likeness (QED) is 0.733. The van der Waals surface area contributed by atoms with Crippen LogP contribution in [-0.4, -0.2) is 31.8 Å². The van der Waals surface area contributed by atoms with Gasteiger partial charge in [0.25, 0.3) is 0 Å². The summed E-state index contributed by atoms with van der Waals surface area (Å²) in [4.78, 5) is 11.3. The Morgan fingerprint density at radius 1 is 1.29 bits per heavy atom. The van der Waals surface area contributed by atoms with Crippen LogP contribution in [0, 0.1) is 0 Å². The first-order valence-corrected chi connectivity index (χ1v) is 5.74. The van der Waals surface area contributed by atoms with Crippen LogP contribution >= 0.6 is 0 Å². The van der Waals surface area contributed by atoms with Crippen molar-refractivity contribution in [1.29, 1.82) is 0 Å². The van der Waals surface area contributed by atoms with E-state index in [1.54, 1.807) is 0 Å². The molecule has 1 amide bonds. The van der Waals surface area contributed by atoms with Crippen LogP contribution in [0.15, 0.2) is 30.3 Å². The summed E-state index contributed by atoms with van der Waals surface area (Å²) in [5.41, 5.74) is 0. The van der Waals surface area contributed by atoms with Gasteiger partial charge in [-0.3, -0.25) is 4.79 Å². The molecule has 0 aliphatic carbocycles. The summed E-state index contributed by atoms with van der Waals surface area (Å²) in [6.07, 6.45) is 0.0707. The van der Waals surface area contributed by atoms with Crippen LogP contribution in [0.3, 0.4) is 0 Å². The SMILES string of the molecule is CC(C)OCC(=O)NCCOc1ccccc1. The third kappa shape index (κ3) is 6.58. The van der Waals surface area contributed by atoms with Gasteiger partial charge in [0.2, 0.25) is 5.91 Å². The summed E-state index contributed by atoms with van der Waals surface area (Å²) in [6, 6.07) is 9.50. The zero-order chi connectivity index (χ0) is 12.5. The first-order chi connectivity index (χ1) is 8.18. The second kappa shape index (κ2) is 7.68. The summed E-state index contributed by atoms with van der Waals surface area (Å²) >= 11 is 0. The molecule has 0 aliphatic rings. The second-order valence-electron chi connectivity index (χ2n) is 3.87. The number of nitrogens with one attached hydrogen (secondary N) is 1. The van der Waals surface area contributed by atoms with Crippen LogP contribution < -0.4 is 10.1 Å². The molecule has 0 radical (unpaired) electrons. The predicted molar refractivity (Wildman–Crippen MR) is 66.0 cm³/mol.